The van der Waals surface area contributed by atoms with E-state index in [9.17, 15) is 31.7 Å². The number of anilines is 1. The third-order valence-electron chi connectivity index (χ3n) is 4.90. The van der Waals surface area contributed by atoms with Crippen molar-refractivity contribution < 1.29 is 36.4 Å². The van der Waals surface area contributed by atoms with Crippen LogP contribution in [0.2, 0.25) is 0 Å². The highest BCUT2D eigenvalue weighted by atomic mass is 35.5. The van der Waals surface area contributed by atoms with Gasteiger partial charge >= 0.3 is 6.18 Å². The third-order valence-corrected chi connectivity index (χ3v) is 6.49. The average Bonchev–Trinajstić information content (AvgIpc) is 2.83. The Morgan fingerprint density at radius 1 is 1.19 bits per heavy atom. The summed E-state index contributed by atoms with van der Waals surface area (Å²) in [5, 5.41) is 9.02. The molecule has 2 heterocycles. The van der Waals surface area contributed by atoms with Crippen LogP contribution in [0.4, 0.5) is 23.2 Å². The molecule has 2 amide bonds. The Bertz CT molecular complexity index is 1340. The van der Waals surface area contributed by atoms with Crippen molar-refractivity contribution in [2.45, 2.75) is 24.9 Å². The van der Waals surface area contributed by atoms with E-state index in [-0.39, 0.29) is 22.0 Å². The van der Waals surface area contributed by atoms with E-state index in [1.54, 1.807) is 0 Å². The van der Waals surface area contributed by atoms with Crippen molar-refractivity contribution in [1.29, 1.82) is 0 Å². The van der Waals surface area contributed by atoms with Crippen LogP contribution in [0.3, 0.4) is 0 Å². The lowest BCUT2D eigenvalue weighted by Gasteiger charge is -2.19. The van der Waals surface area contributed by atoms with E-state index in [0.29, 0.717) is 0 Å². The molecule has 9 nitrogen and oxygen atoms in total. The summed E-state index contributed by atoms with van der Waals surface area (Å²) in [7, 11) is 1.27. The molecule has 3 aromatic rings. The fourth-order valence-electron chi connectivity index (χ4n) is 3.05. The van der Waals surface area contributed by atoms with Crippen molar-refractivity contribution >= 4 is 40.5 Å². The highest BCUT2D eigenvalue weighted by Gasteiger charge is 2.38. The molecule has 0 fully saturated rings. The van der Waals surface area contributed by atoms with Gasteiger partial charge in [0.05, 0.1) is 12.7 Å². The lowest BCUT2D eigenvalue weighted by atomic mass is 10.1. The summed E-state index contributed by atoms with van der Waals surface area (Å²) in [5.74, 6) is -3.51. The van der Waals surface area contributed by atoms with Gasteiger partial charge in [0.25, 0.3) is 17.7 Å². The Hall–Kier alpha value is -3.49. The van der Waals surface area contributed by atoms with E-state index in [1.807, 2.05) is 0 Å². The molecule has 0 unspecified atom stereocenters. The number of hydrogen-bond acceptors (Lipinski definition) is 7. The molecule has 2 aromatic heterocycles. The zero-order valence-electron chi connectivity index (χ0n) is 19.4. The minimum atomic E-state index is -4.92. The zero-order valence-corrected chi connectivity index (χ0v) is 21.0. The van der Waals surface area contributed by atoms with Gasteiger partial charge in [0, 0.05) is 11.8 Å². The number of nitrogens with one attached hydrogen (secondary N) is 1. The van der Waals surface area contributed by atoms with Gasteiger partial charge in [-0.2, -0.15) is 21.9 Å². The van der Waals surface area contributed by atoms with Crippen molar-refractivity contribution in [3.05, 3.63) is 64.9 Å². The van der Waals surface area contributed by atoms with Crippen molar-refractivity contribution in [2.24, 2.45) is 0 Å². The molecule has 3 rings (SSSR count). The second-order valence-electron chi connectivity index (χ2n) is 7.43. The topological polar surface area (TPSA) is 120 Å². The van der Waals surface area contributed by atoms with Crippen LogP contribution < -0.4 is 10.1 Å². The van der Waals surface area contributed by atoms with Crippen LogP contribution >= 0.6 is 11.6 Å². The summed E-state index contributed by atoms with van der Waals surface area (Å²) in [6.07, 6.45) is -4.92. The average molecular weight is 560 g/mol. The molecule has 0 aliphatic rings. The molecule has 1 atom stereocenters. The first-order valence-corrected chi connectivity index (χ1v) is 11.9. The molecule has 1 N–H and O–H groups in total. The molecule has 0 aliphatic heterocycles. The van der Waals surface area contributed by atoms with Crippen LogP contribution in [0.25, 0.3) is 0 Å². The Kier molecular flexibility index (Phi) is 8.56. The second-order valence-corrected chi connectivity index (χ2v) is 9.21. The third kappa shape index (κ3) is 6.45. The van der Waals surface area contributed by atoms with Gasteiger partial charge in [-0.25, -0.2) is 4.98 Å². The first kappa shape index (κ1) is 28.1. The molecule has 0 radical (unpaired) electrons. The highest BCUT2D eigenvalue weighted by molar-refractivity contribution is 7.89. The number of ether oxygens (including phenoxy) is 1. The van der Waals surface area contributed by atoms with Gasteiger partial charge in [-0.05, 0) is 43.7 Å². The first-order valence-electron chi connectivity index (χ1n) is 10.2. The van der Waals surface area contributed by atoms with Gasteiger partial charge in [0.1, 0.15) is 22.8 Å². The number of rotatable bonds is 7. The molecule has 15 heteroatoms. The van der Waals surface area contributed by atoms with E-state index in [1.165, 1.54) is 44.3 Å². The van der Waals surface area contributed by atoms with E-state index >= 15 is 0 Å². The summed E-state index contributed by atoms with van der Waals surface area (Å²) in [5.41, 5.74) is -2.47. The minimum Gasteiger partial charge on any atom is -0.588 e. The van der Waals surface area contributed by atoms with Crippen molar-refractivity contribution in [1.82, 2.24) is 19.5 Å². The minimum absolute atomic E-state index is 0.0523. The summed E-state index contributed by atoms with van der Waals surface area (Å²) in [6.45, 7) is 2.41. The van der Waals surface area contributed by atoms with E-state index in [4.69, 9.17) is 16.3 Å². The maximum Gasteiger partial charge on any atom is 0.435 e. The largest absolute Gasteiger partial charge is 0.588 e. The van der Waals surface area contributed by atoms with Crippen LogP contribution in [0, 0.1) is 19.8 Å². The Morgan fingerprint density at radius 2 is 1.89 bits per heavy atom. The molecule has 0 spiro atoms. The molecular weight excluding hydrogens is 542 g/mol. The predicted molar refractivity (Wildman–Crippen MR) is 125 cm³/mol. The number of aryl methyl sites for hydroxylation is 1. The Balaban J connectivity index is 2.00. The summed E-state index contributed by atoms with van der Waals surface area (Å²) >= 11 is 3.52. The van der Waals surface area contributed by atoms with Gasteiger partial charge in [-0.3, -0.25) is 9.59 Å². The maximum atomic E-state index is 13.5. The van der Waals surface area contributed by atoms with E-state index in [0.717, 1.165) is 17.3 Å². The predicted octanol–water partition coefficient (Wildman–Crippen LogP) is 4.41. The highest BCUT2D eigenvalue weighted by Crippen LogP contribution is 2.35. The standard InChI is InChI=1S/C22H18ClF4N5O4S/c1-11-18(20(34)29-13-5-4-6-14(9-13)37(35)32(3)17(33)10-23)21(31-30-19(11)22(25,26)27)36-15-7-8-16(24)28-12(15)2/h4-9H,10H2,1-3H3,(H,29,34)/t37-/m1/s1. The maximum absolute atomic E-state index is 13.5. The lowest BCUT2D eigenvalue weighted by Crippen LogP contribution is -2.34. The summed E-state index contributed by atoms with van der Waals surface area (Å²) in [4.78, 5) is 28.6. The molecule has 37 heavy (non-hydrogen) atoms. The number of hydrogen-bond donors (Lipinski definition) is 1. The molecular formula is C22H18ClF4N5O4S. The number of pyridine rings is 1. The van der Waals surface area contributed by atoms with Crippen molar-refractivity contribution in [2.75, 3.05) is 18.2 Å². The van der Waals surface area contributed by atoms with Crippen molar-refractivity contribution in [3.8, 4) is 11.6 Å². The first-order chi connectivity index (χ1) is 17.3. The molecule has 0 bridgehead atoms. The van der Waals surface area contributed by atoms with Crippen molar-refractivity contribution in [3.63, 3.8) is 0 Å². The molecule has 0 saturated carbocycles. The summed E-state index contributed by atoms with van der Waals surface area (Å²) < 4.78 is 72.9. The van der Waals surface area contributed by atoms with Gasteiger partial charge < -0.3 is 14.6 Å². The van der Waals surface area contributed by atoms with E-state index < -0.39 is 63.9 Å². The van der Waals surface area contributed by atoms with Crippen LogP contribution in [-0.2, 0) is 22.3 Å². The SMILES string of the molecule is Cc1nc(F)ccc1Oc1nnc(C(F)(F)F)c(C)c1C(=O)Nc1cccc([S@@+]([O-])N(C)C(=O)CCl)c1. The fraction of sp³-hybridized carbons (Fsp3) is 0.227. The lowest BCUT2D eigenvalue weighted by molar-refractivity contribution is -0.142. The smallest absolute Gasteiger partial charge is 0.435 e. The van der Waals surface area contributed by atoms with Crippen LogP contribution in [0.5, 0.6) is 11.6 Å². The number of aromatic nitrogens is 3. The Morgan fingerprint density at radius 3 is 2.51 bits per heavy atom. The number of nitrogens with zero attached hydrogens (tertiary/aromatic N) is 4. The van der Waals surface area contributed by atoms with Gasteiger partial charge in [-0.1, -0.05) is 6.07 Å². The van der Waals surface area contributed by atoms with Crippen LogP contribution in [0.15, 0.2) is 41.3 Å². The number of amides is 2. The number of alkyl halides is 4. The Labute approximate surface area is 216 Å². The van der Waals surface area contributed by atoms with E-state index in [2.05, 4.69) is 20.5 Å². The molecule has 0 saturated heterocycles. The zero-order chi connectivity index (χ0) is 27.5. The normalized spacial score (nSPS) is 12.1. The number of benzene rings is 1. The van der Waals surface area contributed by atoms with Gasteiger partial charge in [0.2, 0.25) is 5.95 Å². The molecule has 1 aromatic carbocycles. The summed E-state index contributed by atoms with van der Waals surface area (Å²) in [6, 6.07) is 7.64. The van der Waals surface area contributed by atoms with Gasteiger partial charge in [0.15, 0.2) is 16.3 Å². The quantitative estimate of drug-likeness (QED) is 0.197. The number of carbonyl (C=O) groups is 2. The fourth-order valence-corrected chi connectivity index (χ4v) is 4.29. The van der Waals surface area contributed by atoms with Gasteiger partial charge in [-0.15, -0.1) is 21.8 Å². The monoisotopic (exact) mass is 559 g/mol. The molecule has 196 valence electrons. The number of halogens is 5. The second kappa shape index (κ2) is 11.3. The number of carbonyl (C=O) groups excluding carboxylic acids is 2. The van der Waals surface area contributed by atoms with Crippen LogP contribution in [0.1, 0.15) is 27.3 Å². The molecule has 0 aliphatic carbocycles. The van der Waals surface area contributed by atoms with Crippen LogP contribution in [-0.4, -0.2) is 48.8 Å².